The summed E-state index contributed by atoms with van der Waals surface area (Å²) >= 11 is 0. The Morgan fingerprint density at radius 3 is 2.16 bits per heavy atom. The molecule has 0 atom stereocenters. The second-order valence-corrected chi connectivity index (χ2v) is 9.68. The van der Waals surface area contributed by atoms with E-state index in [1.807, 2.05) is 85.8 Å². The van der Waals surface area contributed by atoms with Crippen LogP contribution in [0.5, 0.6) is 0 Å². The van der Waals surface area contributed by atoms with E-state index >= 15 is 0 Å². The molecule has 3 nitrogen and oxygen atoms in total. The number of allylic oxidation sites excluding steroid dienone is 2. The van der Waals surface area contributed by atoms with Crippen molar-refractivity contribution in [3.05, 3.63) is 113 Å². The third-order valence-electron chi connectivity index (χ3n) is 5.17. The van der Waals surface area contributed by atoms with Gasteiger partial charge in [0.15, 0.2) is 0 Å². The quantitative estimate of drug-likeness (QED) is 0.485. The Kier molecular flexibility index (Phi) is 6.25. The fourth-order valence-electron chi connectivity index (χ4n) is 3.22. The first kappa shape index (κ1) is 21.0. The van der Waals surface area contributed by atoms with E-state index in [1.54, 1.807) is 12.1 Å². The third kappa shape index (κ3) is 5.45. The number of rotatable bonds is 6. The molecular weight excluding hydrogens is 402 g/mol. The molecule has 1 saturated carbocycles. The minimum Gasteiger partial charge on any atom is -0.254 e. The molecule has 4 rings (SSSR count). The van der Waals surface area contributed by atoms with Crippen molar-refractivity contribution < 1.29 is 8.42 Å². The summed E-state index contributed by atoms with van der Waals surface area (Å²) < 4.78 is 28.9. The molecule has 0 bridgehead atoms. The van der Waals surface area contributed by atoms with E-state index in [9.17, 15) is 8.42 Å². The van der Waals surface area contributed by atoms with Crippen LogP contribution in [-0.2, 0) is 16.6 Å². The summed E-state index contributed by atoms with van der Waals surface area (Å²) in [5, 5.41) is 0. The van der Waals surface area contributed by atoms with Crippen LogP contribution < -0.4 is 0 Å². The zero-order valence-electron chi connectivity index (χ0n) is 17.5. The van der Waals surface area contributed by atoms with Gasteiger partial charge in [-0.05, 0) is 67.5 Å². The zero-order chi connectivity index (χ0) is 21.7. The molecule has 0 aromatic heterocycles. The lowest BCUT2D eigenvalue weighted by Crippen LogP contribution is -2.30. The lowest BCUT2D eigenvalue weighted by molar-refractivity contribution is 0.481. The van der Waals surface area contributed by atoms with Crippen molar-refractivity contribution in [3.63, 3.8) is 0 Å². The number of aryl methyl sites for hydroxylation is 1. The molecule has 1 aliphatic carbocycles. The fraction of sp³-hybridized carbons (Fsp3) is 0.185. The van der Waals surface area contributed by atoms with Crippen LogP contribution in [-0.4, -0.2) is 12.7 Å². The highest BCUT2D eigenvalue weighted by molar-refractivity contribution is 7.89. The van der Waals surface area contributed by atoms with Gasteiger partial charge in [0.1, 0.15) is 0 Å². The van der Waals surface area contributed by atoms with Crippen molar-refractivity contribution in [2.45, 2.75) is 31.2 Å². The Labute approximate surface area is 185 Å². The first-order valence-corrected chi connectivity index (χ1v) is 11.9. The molecule has 0 amide bonds. The number of sulfonamides is 1. The number of benzene rings is 3. The number of hydrogen-bond acceptors (Lipinski definition) is 2. The van der Waals surface area contributed by atoms with Crippen molar-refractivity contribution >= 4 is 10.0 Å². The highest BCUT2D eigenvalue weighted by Gasteiger charge is 2.29. The van der Waals surface area contributed by atoms with Gasteiger partial charge in [-0.2, -0.15) is 0 Å². The second-order valence-electron chi connectivity index (χ2n) is 7.82. The van der Waals surface area contributed by atoms with Crippen molar-refractivity contribution in [2.24, 2.45) is 5.92 Å². The summed E-state index contributed by atoms with van der Waals surface area (Å²) in [4.78, 5) is 0.275. The maximum absolute atomic E-state index is 13.7. The van der Waals surface area contributed by atoms with Crippen molar-refractivity contribution in [1.29, 1.82) is 0 Å². The first-order chi connectivity index (χ1) is 15.0. The normalized spacial score (nSPS) is 13.9. The summed E-state index contributed by atoms with van der Waals surface area (Å²) in [6.07, 6.45) is 4.16. The van der Waals surface area contributed by atoms with Gasteiger partial charge in [-0.3, -0.25) is 4.31 Å². The predicted octanol–water partition coefficient (Wildman–Crippen LogP) is 5.53. The first-order valence-electron chi connectivity index (χ1n) is 10.4. The van der Waals surface area contributed by atoms with Gasteiger partial charge in [0.2, 0.25) is 0 Å². The summed E-state index contributed by atoms with van der Waals surface area (Å²) in [7, 11) is -3.77. The van der Waals surface area contributed by atoms with Gasteiger partial charge in [-0.25, -0.2) is 8.42 Å². The molecular formula is C27H25NO2S. The average Bonchev–Trinajstić information content (AvgIpc) is 3.61. The van der Waals surface area contributed by atoms with Gasteiger partial charge in [0.05, 0.1) is 17.1 Å². The highest BCUT2D eigenvalue weighted by atomic mass is 32.2. The monoisotopic (exact) mass is 427 g/mol. The van der Waals surface area contributed by atoms with E-state index in [0.29, 0.717) is 11.6 Å². The molecule has 1 aliphatic rings. The summed E-state index contributed by atoms with van der Waals surface area (Å²) in [6, 6.07) is 26.3. The molecule has 156 valence electrons. The lowest BCUT2D eigenvalue weighted by atomic mass is 10.2. The topological polar surface area (TPSA) is 37.4 Å². The maximum atomic E-state index is 13.7. The van der Waals surface area contributed by atoms with E-state index < -0.39 is 10.0 Å². The van der Waals surface area contributed by atoms with E-state index in [0.717, 1.165) is 29.5 Å². The van der Waals surface area contributed by atoms with E-state index in [-0.39, 0.29) is 11.4 Å². The molecule has 0 unspecified atom stereocenters. The molecule has 31 heavy (non-hydrogen) atoms. The SMILES string of the molecule is Cc1ccc(S(=O)(=O)N(Cc2ccccc2)/C(C#Cc2ccccc2)=C\C2CC2)cc1. The van der Waals surface area contributed by atoms with Crippen LogP contribution in [0.4, 0.5) is 0 Å². The minimum atomic E-state index is -3.77. The molecule has 0 saturated heterocycles. The van der Waals surface area contributed by atoms with Gasteiger partial charge in [-0.1, -0.05) is 72.1 Å². The highest BCUT2D eigenvalue weighted by Crippen LogP contribution is 2.33. The molecule has 0 N–H and O–H groups in total. The molecule has 0 aliphatic heterocycles. The van der Waals surface area contributed by atoms with Crippen molar-refractivity contribution in [3.8, 4) is 11.8 Å². The Bertz CT molecular complexity index is 1220. The third-order valence-corrected chi connectivity index (χ3v) is 6.94. The lowest BCUT2D eigenvalue weighted by Gasteiger charge is -2.25. The van der Waals surface area contributed by atoms with Gasteiger partial charge in [0, 0.05) is 5.56 Å². The number of hydrogen-bond donors (Lipinski definition) is 0. The second kappa shape index (κ2) is 9.24. The van der Waals surface area contributed by atoms with Crippen LogP contribution in [0, 0.1) is 24.7 Å². The van der Waals surface area contributed by atoms with Crippen LogP contribution in [0.2, 0.25) is 0 Å². The molecule has 0 radical (unpaired) electrons. The molecule has 0 heterocycles. The fourth-order valence-corrected chi connectivity index (χ4v) is 4.64. The Balaban J connectivity index is 1.79. The molecule has 1 fully saturated rings. The van der Waals surface area contributed by atoms with Crippen LogP contribution in [0.3, 0.4) is 0 Å². The summed E-state index contributed by atoms with van der Waals surface area (Å²) in [6.45, 7) is 2.18. The van der Waals surface area contributed by atoms with E-state index in [1.165, 1.54) is 4.31 Å². The van der Waals surface area contributed by atoms with Crippen molar-refractivity contribution in [1.82, 2.24) is 4.31 Å². The van der Waals surface area contributed by atoms with Crippen LogP contribution in [0.1, 0.15) is 29.5 Å². The Hall–Kier alpha value is -3.29. The van der Waals surface area contributed by atoms with Gasteiger partial charge in [0.25, 0.3) is 10.0 Å². The van der Waals surface area contributed by atoms with Gasteiger partial charge >= 0.3 is 0 Å². The van der Waals surface area contributed by atoms with Crippen LogP contribution >= 0.6 is 0 Å². The molecule has 4 heteroatoms. The van der Waals surface area contributed by atoms with Crippen molar-refractivity contribution in [2.75, 3.05) is 0 Å². The molecule has 0 spiro atoms. The standard InChI is InChI=1S/C27H25NO2S/c1-22-12-18-27(19-13-22)31(29,30)28(21-25-10-6-3-7-11-25)26(20-24-14-15-24)17-16-23-8-4-2-5-9-23/h2-13,18-20,24H,14-15,21H2,1H3/b26-20-. The van der Waals surface area contributed by atoms with Gasteiger partial charge < -0.3 is 0 Å². The van der Waals surface area contributed by atoms with E-state index in [2.05, 4.69) is 11.8 Å². The summed E-state index contributed by atoms with van der Waals surface area (Å²) in [5.41, 5.74) is 3.33. The Morgan fingerprint density at radius 1 is 0.935 bits per heavy atom. The Morgan fingerprint density at radius 2 is 1.55 bits per heavy atom. The predicted molar refractivity (Wildman–Crippen MR) is 124 cm³/mol. The largest absolute Gasteiger partial charge is 0.265 e. The summed E-state index contributed by atoms with van der Waals surface area (Å²) in [5.74, 6) is 6.71. The maximum Gasteiger partial charge on any atom is 0.265 e. The molecule has 3 aromatic rings. The molecule has 3 aromatic carbocycles. The van der Waals surface area contributed by atoms with Gasteiger partial charge in [-0.15, -0.1) is 0 Å². The minimum absolute atomic E-state index is 0.235. The number of nitrogens with zero attached hydrogens (tertiary/aromatic N) is 1. The van der Waals surface area contributed by atoms with E-state index in [4.69, 9.17) is 0 Å². The smallest absolute Gasteiger partial charge is 0.254 e. The average molecular weight is 428 g/mol. The van der Waals surface area contributed by atoms with Crippen LogP contribution in [0.25, 0.3) is 0 Å². The van der Waals surface area contributed by atoms with Crippen LogP contribution in [0.15, 0.2) is 102 Å². The zero-order valence-corrected chi connectivity index (χ0v) is 18.3.